The Labute approximate surface area is 162 Å². The molecule has 2 rings (SSSR count). The number of unbranched alkanes of at least 4 members (excludes halogenated alkanes) is 1. The van der Waals surface area contributed by atoms with Gasteiger partial charge in [0.05, 0.1) is 0 Å². The van der Waals surface area contributed by atoms with Gasteiger partial charge in [0.15, 0.2) is 5.69 Å². The first-order chi connectivity index (χ1) is 12.8. The number of rotatable bonds is 9. The van der Waals surface area contributed by atoms with Gasteiger partial charge in [0.2, 0.25) is 5.95 Å². The van der Waals surface area contributed by atoms with Crippen LogP contribution in [0.3, 0.4) is 0 Å². The minimum Gasteiger partial charge on any atom is -0.324 e. The van der Waals surface area contributed by atoms with Crippen LogP contribution in [0, 0.1) is 0 Å². The molecule has 4 nitrogen and oxygen atoms in total. The second kappa shape index (κ2) is 9.90. The molecule has 27 heavy (non-hydrogen) atoms. The van der Waals surface area contributed by atoms with Gasteiger partial charge in [0, 0.05) is 29.0 Å². The summed E-state index contributed by atoms with van der Waals surface area (Å²) in [6, 6.07) is 6.65. The largest absolute Gasteiger partial charge is 0.433 e. The van der Waals surface area contributed by atoms with Crippen molar-refractivity contribution in [1.29, 1.82) is 0 Å². The van der Waals surface area contributed by atoms with Gasteiger partial charge in [-0.1, -0.05) is 37.9 Å². The van der Waals surface area contributed by atoms with Crippen LogP contribution in [-0.4, -0.2) is 28.0 Å². The minimum absolute atomic E-state index is 0.0868. The fourth-order valence-electron chi connectivity index (χ4n) is 2.73. The van der Waals surface area contributed by atoms with Gasteiger partial charge in [0.25, 0.3) is 0 Å². The molecule has 0 fully saturated rings. The van der Waals surface area contributed by atoms with E-state index in [1.54, 1.807) is 24.3 Å². The number of halogens is 4. The zero-order chi connectivity index (χ0) is 19.9. The van der Waals surface area contributed by atoms with Crippen LogP contribution in [0.2, 0.25) is 5.02 Å². The highest BCUT2D eigenvalue weighted by Gasteiger charge is 2.36. The summed E-state index contributed by atoms with van der Waals surface area (Å²) in [5.74, 6) is -0.107. The predicted molar refractivity (Wildman–Crippen MR) is 102 cm³/mol. The predicted octanol–water partition coefficient (Wildman–Crippen LogP) is 5.90. The molecule has 1 aromatic heterocycles. The third-order valence-corrected chi connectivity index (χ3v) is 4.21. The molecule has 1 heterocycles. The summed E-state index contributed by atoms with van der Waals surface area (Å²) in [5, 5.41) is 3.25. The fourth-order valence-corrected chi connectivity index (χ4v) is 2.92. The van der Waals surface area contributed by atoms with Gasteiger partial charge in [-0.2, -0.15) is 13.2 Å². The molecule has 0 bridgehead atoms. The van der Waals surface area contributed by atoms with Crippen molar-refractivity contribution in [1.82, 2.24) is 14.9 Å². The highest BCUT2D eigenvalue weighted by atomic mass is 35.5. The highest BCUT2D eigenvalue weighted by molar-refractivity contribution is 6.30. The average Bonchev–Trinajstić information content (AvgIpc) is 2.60. The zero-order valence-electron chi connectivity index (χ0n) is 15.5. The topological polar surface area (TPSA) is 41.1 Å². The monoisotopic (exact) mass is 400 g/mol. The molecule has 0 aliphatic carbocycles. The van der Waals surface area contributed by atoms with Crippen molar-refractivity contribution in [2.75, 3.05) is 18.4 Å². The van der Waals surface area contributed by atoms with E-state index in [1.807, 2.05) is 11.8 Å². The van der Waals surface area contributed by atoms with E-state index >= 15 is 0 Å². The maximum absolute atomic E-state index is 13.6. The van der Waals surface area contributed by atoms with Crippen LogP contribution in [0.4, 0.5) is 24.8 Å². The van der Waals surface area contributed by atoms with Gasteiger partial charge < -0.3 is 5.32 Å². The molecule has 1 aromatic carbocycles. The number of aromatic nitrogens is 2. The van der Waals surface area contributed by atoms with Crippen LogP contribution in [0.1, 0.15) is 44.4 Å². The number of nitrogens with zero attached hydrogens (tertiary/aromatic N) is 3. The first kappa shape index (κ1) is 21.4. The highest BCUT2D eigenvalue weighted by Crippen LogP contribution is 2.32. The van der Waals surface area contributed by atoms with Crippen LogP contribution in [-0.2, 0) is 12.7 Å². The molecule has 0 saturated heterocycles. The quantitative estimate of drug-likeness (QED) is 0.568. The summed E-state index contributed by atoms with van der Waals surface area (Å²) in [4.78, 5) is 9.84. The van der Waals surface area contributed by atoms with Gasteiger partial charge in [-0.3, -0.25) is 4.90 Å². The molecule has 0 saturated carbocycles. The normalized spacial score (nSPS) is 11.8. The van der Waals surface area contributed by atoms with Gasteiger partial charge in [0.1, 0.15) is 0 Å². The molecule has 0 radical (unpaired) electrons. The van der Waals surface area contributed by atoms with E-state index in [0.29, 0.717) is 10.7 Å². The Bertz CT molecular complexity index is 737. The van der Waals surface area contributed by atoms with Gasteiger partial charge in [-0.15, -0.1) is 0 Å². The number of benzene rings is 1. The molecule has 0 aliphatic heterocycles. The molecule has 1 N–H and O–H groups in total. The van der Waals surface area contributed by atoms with Crippen LogP contribution in [0.25, 0.3) is 0 Å². The maximum Gasteiger partial charge on any atom is 0.433 e. The van der Waals surface area contributed by atoms with Gasteiger partial charge in [-0.25, -0.2) is 9.97 Å². The Balaban J connectivity index is 2.27. The Morgan fingerprint density at radius 3 is 2.56 bits per heavy atom. The van der Waals surface area contributed by atoms with Crippen molar-refractivity contribution < 1.29 is 13.2 Å². The molecule has 0 atom stereocenters. The van der Waals surface area contributed by atoms with Crippen molar-refractivity contribution in [3.63, 3.8) is 0 Å². The summed E-state index contributed by atoms with van der Waals surface area (Å²) in [7, 11) is 0. The van der Waals surface area contributed by atoms with E-state index in [-0.39, 0.29) is 18.1 Å². The minimum atomic E-state index is -4.55. The Morgan fingerprint density at radius 2 is 1.93 bits per heavy atom. The van der Waals surface area contributed by atoms with E-state index < -0.39 is 11.9 Å². The third kappa shape index (κ3) is 6.66. The summed E-state index contributed by atoms with van der Waals surface area (Å²) in [6.07, 6.45) is -0.481. The Hall–Kier alpha value is -1.86. The number of hydrogen-bond acceptors (Lipinski definition) is 4. The van der Waals surface area contributed by atoms with E-state index in [2.05, 4.69) is 22.2 Å². The second-order valence-electron chi connectivity index (χ2n) is 6.33. The van der Waals surface area contributed by atoms with E-state index in [4.69, 9.17) is 11.6 Å². The number of anilines is 2. The lowest BCUT2D eigenvalue weighted by molar-refractivity contribution is -0.142. The standard InChI is InChI=1S/C19H24ClF3N4/c1-3-5-10-27(9-4-2)13-14-12-24-18(26-17(14)19(21,22)23)25-16-8-6-7-15(20)11-16/h6-8,11-12H,3-5,9-10,13H2,1-2H3,(H,24,25,26). The van der Waals surface area contributed by atoms with Crippen LogP contribution >= 0.6 is 11.6 Å². The molecule has 148 valence electrons. The summed E-state index contributed by atoms with van der Waals surface area (Å²) in [5.41, 5.74) is -0.290. The molecule has 0 aliphatic rings. The third-order valence-electron chi connectivity index (χ3n) is 3.98. The van der Waals surface area contributed by atoms with E-state index in [0.717, 1.165) is 32.4 Å². The first-order valence-corrected chi connectivity index (χ1v) is 9.39. The molecule has 0 unspecified atom stereocenters. The lowest BCUT2D eigenvalue weighted by Crippen LogP contribution is -2.27. The molecule has 0 amide bonds. The maximum atomic E-state index is 13.6. The van der Waals surface area contributed by atoms with Crippen LogP contribution < -0.4 is 5.32 Å². The SMILES string of the molecule is CCCCN(CCC)Cc1cnc(Nc2cccc(Cl)c2)nc1C(F)(F)F. The van der Waals surface area contributed by atoms with Crippen molar-refractivity contribution in [3.05, 3.63) is 46.7 Å². The number of hydrogen-bond donors (Lipinski definition) is 1. The Kier molecular flexibility index (Phi) is 7.86. The number of nitrogens with one attached hydrogen (secondary N) is 1. The van der Waals surface area contributed by atoms with Crippen molar-refractivity contribution >= 4 is 23.2 Å². The molecule has 8 heteroatoms. The summed E-state index contributed by atoms with van der Waals surface area (Å²) >= 11 is 5.90. The molecular weight excluding hydrogens is 377 g/mol. The second-order valence-corrected chi connectivity index (χ2v) is 6.77. The van der Waals surface area contributed by atoms with Gasteiger partial charge in [-0.05, 0) is 44.1 Å². The first-order valence-electron chi connectivity index (χ1n) is 9.01. The zero-order valence-corrected chi connectivity index (χ0v) is 16.2. The lowest BCUT2D eigenvalue weighted by atomic mass is 10.2. The van der Waals surface area contributed by atoms with Crippen molar-refractivity contribution in [2.24, 2.45) is 0 Å². The number of alkyl halides is 3. The smallest absolute Gasteiger partial charge is 0.324 e. The summed E-state index contributed by atoms with van der Waals surface area (Å²) in [6.45, 7) is 5.74. The van der Waals surface area contributed by atoms with E-state index in [1.165, 1.54) is 6.20 Å². The summed E-state index contributed by atoms with van der Waals surface area (Å²) < 4.78 is 40.7. The lowest BCUT2D eigenvalue weighted by Gasteiger charge is -2.23. The fraction of sp³-hybridized carbons (Fsp3) is 0.474. The van der Waals surface area contributed by atoms with Crippen LogP contribution in [0.5, 0.6) is 0 Å². The van der Waals surface area contributed by atoms with Crippen molar-refractivity contribution in [2.45, 2.75) is 45.8 Å². The molecular formula is C19H24ClF3N4. The average molecular weight is 401 g/mol. The van der Waals surface area contributed by atoms with Crippen LogP contribution in [0.15, 0.2) is 30.5 Å². The van der Waals surface area contributed by atoms with E-state index in [9.17, 15) is 13.2 Å². The molecule has 0 spiro atoms. The molecule has 2 aromatic rings. The Morgan fingerprint density at radius 1 is 1.15 bits per heavy atom. The van der Waals surface area contributed by atoms with Gasteiger partial charge >= 0.3 is 6.18 Å². The van der Waals surface area contributed by atoms with Crippen molar-refractivity contribution in [3.8, 4) is 0 Å².